The molecule has 1 atom stereocenters. The molecule has 126 valence electrons. The van der Waals surface area contributed by atoms with Crippen molar-refractivity contribution in [3.8, 4) is 0 Å². The lowest BCUT2D eigenvalue weighted by Crippen LogP contribution is -2.43. The van der Waals surface area contributed by atoms with Gasteiger partial charge in [0.1, 0.15) is 12.6 Å². The van der Waals surface area contributed by atoms with E-state index in [4.69, 9.17) is 15.7 Å². The summed E-state index contributed by atoms with van der Waals surface area (Å²) < 4.78 is 5.16. The number of hydrogen-bond donors (Lipinski definition) is 4. The van der Waals surface area contributed by atoms with E-state index in [1.54, 1.807) is 24.3 Å². The SMILES string of the molecule is NN[C@@H](Cc1ccccc1NC(=O)OCc1ccccc1)C(=O)O. The van der Waals surface area contributed by atoms with Crippen molar-refractivity contribution >= 4 is 17.7 Å². The maximum Gasteiger partial charge on any atom is 0.411 e. The van der Waals surface area contributed by atoms with Gasteiger partial charge >= 0.3 is 12.1 Å². The number of anilines is 1. The molecule has 7 heteroatoms. The van der Waals surface area contributed by atoms with Gasteiger partial charge in [0, 0.05) is 12.1 Å². The van der Waals surface area contributed by atoms with Gasteiger partial charge in [0.25, 0.3) is 0 Å². The molecule has 24 heavy (non-hydrogen) atoms. The number of nitrogens with one attached hydrogen (secondary N) is 2. The predicted molar refractivity (Wildman–Crippen MR) is 89.1 cm³/mol. The molecule has 7 nitrogen and oxygen atoms in total. The summed E-state index contributed by atoms with van der Waals surface area (Å²) in [6, 6.07) is 15.2. The van der Waals surface area contributed by atoms with Crippen LogP contribution in [0.15, 0.2) is 54.6 Å². The fraction of sp³-hybridized carbons (Fsp3) is 0.176. The number of carboxylic acids is 1. The van der Waals surface area contributed by atoms with Crippen LogP contribution in [0.25, 0.3) is 0 Å². The van der Waals surface area contributed by atoms with Crippen molar-refractivity contribution in [2.45, 2.75) is 19.1 Å². The highest BCUT2D eigenvalue weighted by molar-refractivity contribution is 5.86. The molecule has 0 aliphatic rings. The number of hydrogen-bond acceptors (Lipinski definition) is 5. The van der Waals surface area contributed by atoms with Gasteiger partial charge in [-0.2, -0.15) is 0 Å². The van der Waals surface area contributed by atoms with Crippen molar-refractivity contribution in [1.29, 1.82) is 0 Å². The highest BCUT2D eigenvalue weighted by Crippen LogP contribution is 2.17. The Bertz CT molecular complexity index is 691. The number of nitrogens with two attached hydrogens (primary N) is 1. The van der Waals surface area contributed by atoms with Crippen LogP contribution in [0, 0.1) is 0 Å². The minimum absolute atomic E-state index is 0.126. The smallest absolute Gasteiger partial charge is 0.411 e. The molecule has 0 radical (unpaired) electrons. The first-order valence-corrected chi connectivity index (χ1v) is 7.34. The van der Waals surface area contributed by atoms with Crippen LogP contribution < -0.4 is 16.6 Å². The lowest BCUT2D eigenvalue weighted by Gasteiger charge is -2.15. The fourth-order valence-electron chi connectivity index (χ4n) is 2.13. The molecule has 2 rings (SSSR count). The number of para-hydroxylation sites is 1. The Morgan fingerprint density at radius 3 is 2.42 bits per heavy atom. The standard InChI is InChI=1S/C17H19N3O4/c18-20-15(16(21)22)10-13-8-4-5-9-14(13)19-17(23)24-11-12-6-2-1-3-7-12/h1-9,15,20H,10-11,18H2,(H,19,23)(H,21,22)/t15-/m0/s1. The first-order valence-electron chi connectivity index (χ1n) is 7.34. The average molecular weight is 329 g/mol. The van der Waals surface area contributed by atoms with Crippen molar-refractivity contribution in [3.63, 3.8) is 0 Å². The number of carbonyl (C=O) groups is 2. The largest absolute Gasteiger partial charge is 0.480 e. The summed E-state index contributed by atoms with van der Waals surface area (Å²) in [6.07, 6.45) is -0.486. The molecular formula is C17H19N3O4. The first kappa shape index (κ1) is 17.5. The third-order valence-electron chi connectivity index (χ3n) is 3.39. The second-order valence-corrected chi connectivity index (χ2v) is 5.11. The van der Waals surface area contributed by atoms with E-state index < -0.39 is 18.1 Å². The molecule has 0 saturated heterocycles. The van der Waals surface area contributed by atoms with Crippen LogP contribution >= 0.6 is 0 Å². The average Bonchev–Trinajstić information content (AvgIpc) is 2.59. The maximum absolute atomic E-state index is 11.9. The van der Waals surface area contributed by atoms with Gasteiger partial charge in [-0.15, -0.1) is 0 Å². The number of amides is 1. The molecule has 0 aliphatic heterocycles. The van der Waals surface area contributed by atoms with E-state index in [2.05, 4.69) is 10.7 Å². The fourth-order valence-corrected chi connectivity index (χ4v) is 2.13. The van der Waals surface area contributed by atoms with Crippen LogP contribution in [0.2, 0.25) is 0 Å². The monoisotopic (exact) mass is 329 g/mol. The van der Waals surface area contributed by atoms with Gasteiger partial charge in [-0.05, 0) is 17.2 Å². The van der Waals surface area contributed by atoms with Crippen LogP contribution in [0.1, 0.15) is 11.1 Å². The summed E-state index contributed by atoms with van der Waals surface area (Å²) in [5, 5.41) is 11.7. The van der Waals surface area contributed by atoms with Crippen molar-refractivity contribution in [2.75, 3.05) is 5.32 Å². The number of benzene rings is 2. The highest BCUT2D eigenvalue weighted by Gasteiger charge is 2.18. The van der Waals surface area contributed by atoms with E-state index in [9.17, 15) is 9.59 Å². The topological polar surface area (TPSA) is 114 Å². The molecule has 2 aromatic carbocycles. The molecule has 5 N–H and O–H groups in total. The van der Waals surface area contributed by atoms with E-state index in [0.29, 0.717) is 11.3 Å². The Morgan fingerprint density at radius 1 is 1.08 bits per heavy atom. The lowest BCUT2D eigenvalue weighted by molar-refractivity contribution is -0.139. The van der Waals surface area contributed by atoms with Gasteiger partial charge in [-0.3, -0.25) is 16.0 Å². The number of ether oxygens (including phenoxy) is 1. The summed E-state index contributed by atoms with van der Waals surface area (Å²) in [6.45, 7) is 0.150. The van der Waals surface area contributed by atoms with Gasteiger partial charge in [0.2, 0.25) is 0 Å². The van der Waals surface area contributed by atoms with Crippen LogP contribution in [-0.2, 0) is 22.6 Å². The maximum atomic E-state index is 11.9. The zero-order valence-corrected chi connectivity index (χ0v) is 12.9. The van der Waals surface area contributed by atoms with E-state index in [0.717, 1.165) is 5.56 Å². The Labute approximate surface area is 139 Å². The second kappa shape index (κ2) is 8.66. The van der Waals surface area contributed by atoms with Crippen LogP contribution in [0.3, 0.4) is 0 Å². The molecule has 0 heterocycles. The number of carbonyl (C=O) groups excluding carboxylic acids is 1. The number of carboxylic acid groups (broad SMARTS) is 1. The molecule has 0 spiro atoms. The van der Waals surface area contributed by atoms with Crippen molar-refractivity contribution < 1.29 is 19.4 Å². The third-order valence-corrected chi connectivity index (χ3v) is 3.39. The predicted octanol–water partition coefficient (Wildman–Crippen LogP) is 1.89. The van der Waals surface area contributed by atoms with Gasteiger partial charge in [-0.25, -0.2) is 10.2 Å². The summed E-state index contributed by atoms with van der Waals surface area (Å²) in [7, 11) is 0. The molecular weight excluding hydrogens is 310 g/mol. The highest BCUT2D eigenvalue weighted by atomic mass is 16.5. The lowest BCUT2D eigenvalue weighted by atomic mass is 10.0. The first-order chi connectivity index (χ1) is 11.6. The second-order valence-electron chi connectivity index (χ2n) is 5.11. The summed E-state index contributed by atoms with van der Waals surface area (Å²) >= 11 is 0. The minimum atomic E-state index is -1.07. The number of hydrazine groups is 1. The Morgan fingerprint density at radius 2 is 1.75 bits per heavy atom. The van der Waals surface area contributed by atoms with E-state index in [1.165, 1.54) is 0 Å². The third kappa shape index (κ3) is 5.08. The summed E-state index contributed by atoms with van der Waals surface area (Å²) in [5.74, 6) is 4.17. The Kier molecular flexibility index (Phi) is 6.30. The zero-order valence-electron chi connectivity index (χ0n) is 12.9. The molecule has 1 amide bonds. The van der Waals surface area contributed by atoms with Gasteiger partial charge in [0.15, 0.2) is 0 Å². The number of aliphatic carboxylic acids is 1. The Balaban J connectivity index is 1.98. The van der Waals surface area contributed by atoms with Crippen LogP contribution in [0.4, 0.5) is 10.5 Å². The van der Waals surface area contributed by atoms with E-state index >= 15 is 0 Å². The molecule has 0 aromatic heterocycles. The van der Waals surface area contributed by atoms with Crippen LogP contribution in [-0.4, -0.2) is 23.2 Å². The van der Waals surface area contributed by atoms with E-state index in [-0.39, 0.29) is 13.0 Å². The minimum Gasteiger partial charge on any atom is -0.480 e. The Hall–Kier alpha value is -2.90. The summed E-state index contributed by atoms with van der Waals surface area (Å²) in [5.41, 5.74) is 4.23. The number of rotatable bonds is 7. The molecule has 0 bridgehead atoms. The van der Waals surface area contributed by atoms with Crippen molar-refractivity contribution in [3.05, 3.63) is 65.7 Å². The summed E-state index contributed by atoms with van der Waals surface area (Å²) in [4.78, 5) is 23.0. The molecule has 0 saturated carbocycles. The normalized spacial score (nSPS) is 11.5. The quantitative estimate of drug-likeness (QED) is 0.456. The molecule has 0 fully saturated rings. The molecule has 2 aromatic rings. The molecule has 0 unspecified atom stereocenters. The van der Waals surface area contributed by atoms with Crippen molar-refractivity contribution in [2.24, 2.45) is 5.84 Å². The zero-order chi connectivity index (χ0) is 17.4. The molecule has 0 aliphatic carbocycles. The van der Waals surface area contributed by atoms with Gasteiger partial charge in [-0.1, -0.05) is 48.5 Å². The van der Waals surface area contributed by atoms with Gasteiger partial charge in [0.05, 0.1) is 0 Å². The van der Waals surface area contributed by atoms with E-state index in [1.807, 2.05) is 30.3 Å². The van der Waals surface area contributed by atoms with Crippen molar-refractivity contribution in [1.82, 2.24) is 5.43 Å². The van der Waals surface area contributed by atoms with Gasteiger partial charge < -0.3 is 9.84 Å². The van der Waals surface area contributed by atoms with Crippen LogP contribution in [0.5, 0.6) is 0 Å².